The van der Waals surface area contributed by atoms with E-state index in [2.05, 4.69) is 0 Å². The third-order valence-corrected chi connectivity index (χ3v) is 8.82. The van der Waals surface area contributed by atoms with Crippen LogP contribution in [0.3, 0.4) is 0 Å². The van der Waals surface area contributed by atoms with Crippen molar-refractivity contribution >= 4 is 49.6 Å². The van der Waals surface area contributed by atoms with Crippen LogP contribution in [0.5, 0.6) is 0 Å². The lowest BCUT2D eigenvalue weighted by Gasteiger charge is -2.36. The summed E-state index contributed by atoms with van der Waals surface area (Å²) in [5.74, 6) is -0.316. The van der Waals surface area contributed by atoms with Crippen molar-refractivity contribution in [3.8, 4) is 0 Å². The van der Waals surface area contributed by atoms with Crippen LogP contribution in [0, 0.1) is 10.8 Å². The second kappa shape index (κ2) is 12.7. The van der Waals surface area contributed by atoms with Crippen LogP contribution in [0.1, 0.15) is 43.5 Å². The quantitative estimate of drug-likeness (QED) is 0.131. The minimum Gasteiger partial charge on any atom is -0.378 e. The zero-order valence-corrected chi connectivity index (χ0v) is 23.6. The van der Waals surface area contributed by atoms with Crippen molar-refractivity contribution in [2.45, 2.75) is 44.0 Å². The Labute approximate surface area is 236 Å². The van der Waals surface area contributed by atoms with Crippen LogP contribution in [0.2, 0.25) is 0 Å². The Morgan fingerprint density at radius 3 is 2.30 bits per heavy atom. The van der Waals surface area contributed by atoms with Crippen molar-refractivity contribution in [2.24, 2.45) is 0 Å². The van der Waals surface area contributed by atoms with E-state index in [1.807, 2.05) is 49.4 Å². The summed E-state index contributed by atoms with van der Waals surface area (Å²) in [7, 11) is -3.67. The van der Waals surface area contributed by atoms with Crippen LogP contribution >= 0.6 is 10.6 Å². The predicted octanol–water partition coefficient (Wildman–Crippen LogP) is 6.67. The third-order valence-electron chi connectivity index (χ3n) is 7.07. The molecule has 2 amide bonds. The minimum absolute atomic E-state index is 0.0683. The molecule has 1 aliphatic heterocycles. The maximum absolute atomic E-state index is 13.7. The van der Waals surface area contributed by atoms with Gasteiger partial charge in [0.2, 0.25) is 0 Å². The number of nitrogens with zero attached hydrogens (tertiary/aromatic N) is 2. The van der Waals surface area contributed by atoms with Gasteiger partial charge in [-0.15, -0.1) is 10.6 Å². The highest BCUT2D eigenvalue weighted by molar-refractivity contribution is 8.38. The zero-order chi connectivity index (χ0) is 28.9. The molecule has 0 bridgehead atoms. The lowest BCUT2D eigenvalue weighted by atomic mass is 10.0. The number of carbonyl (C=O) groups excluding carboxylic acids is 2. The molecule has 0 radical (unpaired) electrons. The van der Waals surface area contributed by atoms with E-state index in [-0.39, 0.29) is 22.4 Å². The summed E-state index contributed by atoms with van der Waals surface area (Å²) in [6.07, 6.45) is 1.80. The smallest absolute Gasteiger partial charge is 0.325 e. The number of benzene rings is 3. The first kappa shape index (κ1) is 29.4. The summed E-state index contributed by atoms with van der Waals surface area (Å²) >= 11 is 0. The number of amides is 2. The summed E-state index contributed by atoms with van der Waals surface area (Å²) in [5, 5.41) is 17.7. The van der Waals surface area contributed by atoms with E-state index < -0.39 is 21.7 Å². The Hall–Kier alpha value is -3.57. The van der Waals surface area contributed by atoms with Gasteiger partial charge in [0.05, 0.1) is 29.9 Å². The van der Waals surface area contributed by atoms with Crippen LogP contribution in [0.25, 0.3) is 10.8 Å². The van der Waals surface area contributed by atoms with E-state index >= 15 is 0 Å². The largest absolute Gasteiger partial charge is 0.378 e. The highest BCUT2D eigenvalue weighted by Crippen LogP contribution is 2.49. The van der Waals surface area contributed by atoms with Crippen LogP contribution in [-0.4, -0.2) is 68.9 Å². The molecule has 1 aliphatic rings. The number of carbonyl (C=O) groups is 2. The van der Waals surface area contributed by atoms with Gasteiger partial charge in [0.25, 0.3) is 0 Å². The van der Waals surface area contributed by atoms with Crippen molar-refractivity contribution in [1.29, 1.82) is 10.8 Å². The molecule has 212 valence electrons. The number of Topliss-reactive ketones (excluding diaryl/α,β-unsaturated/α-hetero) is 1. The summed E-state index contributed by atoms with van der Waals surface area (Å²) in [6, 6.07) is 18.1. The Balaban J connectivity index is 1.61. The molecule has 0 saturated carbocycles. The number of morpholine rings is 1. The van der Waals surface area contributed by atoms with Gasteiger partial charge in [0, 0.05) is 24.3 Å². The molecule has 10 heteroatoms. The van der Waals surface area contributed by atoms with Crippen LogP contribution in [0.4, 0.5) is 10.5 Å². The van der Waals surface area contributed by atoms with E-state index in [1.54, 1.807) is 11.8 Å². The second-order valence-corrected chi connectivity index (χ2v) is 11.8. The number of fused-ring (bicyclic) bond motifs is 1. The Bertz CT molecular complexity index is 1400. The molecule has 4 N–H and O–H groups in total. The van der Waals surface area contributed by atoms with Gasteiger partial charge in [-0.2, -0.15) is 0 Å². The first-order valence-corrected chi connectivity index (χ1v) is 14.9. The van der Waals surface area contributed by atoms with Crippen molar-refractivity contribution < 1.29 is 23.4 Å². The van der Waals surface area contributed by atoms with E-state index in [1.165, 1.54) is 29.2 Å². The first-order valence-electron chi connectivity index (χ1n) is 13.4. The fourth-order valence-corrected chi connectivity index (χ4v) is 5.85. The lowest BCUT2D eigenvalue weighted by Crippen LogP contribution is -2.53. The number of ether oxygens (including phenoxy) is 1. The highest BCUT2D eigenvalue weighted by atomic mass is 32.3. The third kappa shape index (κ3) is 6.26. The van der Waals surface area contributed by atoms with E-state index in [4.69, 9.17) is 15.6 Å². The van der Waals surface area contributed by atoms with Crippen molar-refractivity contribution in [3.63, 3.8) is 0 Å². The fraction of sp³-hybridized carbons (Fsp3) is 0.333. The number of unbranched alkanes of at least 4 members (excludes halogenated alkanes) is 1. The molecular weight excluding hydrogens is 528 g/mol. The molecular formula is C30H36N4O5S. The molecule has 0 spiro atoms. The normalized spacial score (nSPS) is 14.9. The monoisotopic (exact) mass is 564 g/mol. The maximum Gasteiger partial charge on any atom is 0.325 e. The molecule has 0 unspecified atom stereocenters. The average molecular weight is 565 g/mol. The van der Waals surface area contributed by atoms with Crippen molar-refractivity contribution in [2.75, 3.05) is 31.2 Å². The molecule has 9 nitrogen and oxygen atoms in total. The number of urea groups is 1. The van der Waals surface area contributed by atoms with Gasteiger partial charge in [0.1, 0.15) is 0 Å². The van der Waals surface area contributed by atoms with Crippen molar-refractivity contribution in [3.05, 3.63) is 72.3 Å². The molecule has 3 aromatic rings. The molecule has 0 aromatic heterocycles. The van der Waals surface area contributed by atoms with Crippen molar-refractivity contribution in [1.82, 2.24) is 4.90 Å². The lowest BCUT2D eigenvalue weighted by molar-refractivity contribution is 0.0543. The minimum atomic E-state index is -3.67. The Kier molecular flexibility index (Phi) is 9.36. The van der Waals surface area contributed by atoms with E-state index in [9.17, 15) is 18.7 Å². The van der Waals surface area contributed by atoms with Gasteiger partial charge in [-0.05, 0) is 66.9 Å². The van der Waals surface area contributed by atoms with Gasteiger partial charge in [0.15, 0.2) is 10.8 Å². The maximum atomic E-state index is 13.7. The van der Waals surface area contributed by atoms with E-state index in [0.29, 0.717) is 50.4 Å². The zero-order valence-electron chi connectivity index (χ0n) is 22.8. The summed E-state index contributed by atoms with van der Waals surface area (Å²) < 4.78 is 26.9. The van der Waals surface area contributed by atoms with E-state index in [0.717, 1.165) is 17.2 Å². The number of anilines is 1. The SMILES string of the molecule is CCCCC(=N)C(=N)S(O)(O)c1ccc(C(=O)[C@H](C)N(C(=O)N2CCOCC2)c2ccc3ccccc3c2)cc1. The van der Waals surface area contributed by atoms with Gasteiger partial charge in [-0.3, -0.25) is 24.2 Å². The summed E-state index contributed by atoms with van der Waals surface area (Å²) in [5.41, 5.74) is 0.781. The van der Waals surface area contributed by atoms with Gasteiger partial charge in [-0.1, -0.05) is 43.7 Å². The second-order valence-electron chi connectivity index (χ2n) is 9.81. The summed E-state index contributed by atoms with van der Waals surface area (Å²) in [6.45, 7) is 5.35. The molecule has 3 aromatic carbocycles. The number of ketones is 1. The number of rotatable bonds is 9. The number of hydrogen-bond donors (Lipinski definition) is 4. The van der Waals surface area contributed by atoms with Crippen LogP contribution in [0.15, 0.2) is 71.6 Å². The molecule has 1 heterocycles. The fourth-order valence-electron chi connectivity index (χ4n) is 4.66. The number of nitrogens with one attached hydrogen (secondary N) is 2. The average Bonchev–Trinajstić information content (AvgIpc) is 2.99. The Morgan fingerprint density at radius 1 is 1.00 bits per heavy atom. The van der Waals surface area contributed by atoms with Gasteiger partial charge in [-0.25, -0.2) is 4.79 Å². The standard InChI is InChI=1S/C30H36N4O5S/c1-3-4-9-27(31)29(32)40(37,38)26-14-11-23(12-15-26)28(35)21(2)34(30(36)33-16-18-39-19-17-33)25-13-10-22-7-5-6-8-24(22)20-25/h5-8,10-15,20-21,31-32,37-38H,3-4,9,16-19H2,1-2H3/t21-/m0/s1. The molecule has 1 fully saturated rings. The topological polar surface area (TPSA) is 138 Å². The molecule has 1 saturated heterocycles. The first-order chi connectivity index (χ1) is 19.1. The summed E-state index contributed by atoms with van der Waals surface area (Å²) in [4.78, 5) is 30.7. The number of hydrogen-bond acceptors (Lipinski definition) is 7. The van der Waals surface area contributed by atoms with Crippen LogP contribution < -0.4 is 4.90 Å². The van der Waals surface area contributed by atoms with Gasteiger partial charge < -0.3 is 15.0 Å². The highest BCUT2D eigenvalue weighted by Gasteiger charge is 2.33. The molecule has 0 aliphatic carbocycles. The molecule has 40 heavy (non-hydrogen) atoms. The van der Waals surface area contributed by atoms with Crippen LogP contribution in [-0.2, 0) is 4.74 Å². The Morgan fingerprint density at radius 2 is 1.65 bits per heavy atom. The molecule has 4 rings (SSSR count). The van der Waals surface area contributed by atoms with Gasteiger partial charge >= 0.3 is 6.03 Å². The predicted molar refractivity (Wildman–Crippen MR) is 161 cm³/mol. The molecule has 1 atom stereocenters.